The molecule has 0 atom stereocenters. The molecule has 4 rings (SSSR count). The fourth-order valence-corrected chi connectivity index (χ4v) is 4.70. The number of para-hydroxylation sites is 1. The summed E-state index contributed by atoms with van der Waals surface area (Å²) in [7, 11) is 0. The van der Waals surface area contributed by atoms with Crippen LogP contribution < -0.4 is 4.74 Å². The molecule has 0 amide bonds. The van der Waals surface area contributed by atoms with E-state index in [2.05, 4.69) is 9.97 Å². The molecule has 0 aliphatic carbocycles. The first kappa shape index (κ1) is 31.7. The molecule has 2 aromatic carbocycles. The highest BCUT2D eigenvalue weighted by Gasteiger charge is 2.39. The van der Waals surface area contributed by atoms with E-state index in [9.17, 15) is 19.2 Å². The first-order valence-electron chi connectivity index (χ1n) is 14.2. The number of carbonyl (C=O) groups excluding carboxylic acids is 4. The number of esters is 4. The molecule has 0 unspecified atom stereocenters. The zero-order chi connectivity index (χ0) is 31.6. The summed E-state index contributed by atoms with van der Waals surface area (Å²) < 4.78 is 28.7. The molecule has 0 fully saturated rings. The molecule has 230 valence electrons. The first-order chi connectivity index (χ1) is 21.3. The topological polar surface area (TPSA) is 145 Å². The highest BCUT2D eigenvalue weighted by Crippen LogP contribution is 2.39. The third-order valence-corrected chi connectivity index (χ3v) is 6.35. The molecule has 2 aromatic heterocycles. The molecule has 0 aliphatic rings. The predicted octanol–water partition coefficient (Wildman–Crippen LogP) is 4.63. The zero-order valence-corrected chi connectivity index (χ0v) is 24.8. The Bertz CT molecular complexity index is 1580. The summed E-state index contributed by atoms with van der Waals surface area (Å²) >= 11 is 0. The Morgan fingerprint density at radius 2 is 1.18 bits per heavy atom. The van der Waals surface area contributed by atoms with Crippen molar-refractivity contribution in [2.45, 2.75) is 39.5 Å². The molecule has 0 aliphatic heterocycles. The Labute approximate surface area is 253 Å². The maximum Gasteiger partial charge on any atom is 0.326 e. The van der Waals surface area contributed by atoms with E-state index in [4.69, 9.17) is 23.7 Å². The second-order valence-corrected chi connectivity index (χ2v) is 9.19. The molecule has 44 heavy (non-hydrogen) atoms. The first-order valence-corrected chi connectivity index (χ1v) is 14.2. The lowest BCUT2D eigenvalue weighted by atomic mass is 9.96. The van der Waals surface area contributed by atoms with Crippen LogP contribution in [-0.4, -0.2) is 64.8 Å². The molecule has 2 heterocycles. The van der Waals surface area contributed by atoms with E-state index in [1.165, 1.54) is 23.0 Å². The smallest absolute Gasteiger partial charge is 0.326 e. The molecule has 0 N–H and O–H groups in total. The van der Waals surface area contributed by atoms with Crippen LogP contribution in [0.2, 0.25) is 0 Å². The van der Waals surface area contributed by atoms with Crippen LogP contribution in [0.5, 0.6) is 11.5 Å². The van der Waals surface area contributed by atoms with Gasteiger partial charge in [0.25, 0.3) is 0 Å². The van der Waals surface area contributed by atoms with Gasteiger partial charge in [0.1, 0.15) is 11.5 Å². The van der Waals surface area contributed by atoms with Crippen molar-refractivity contribution >= 4 is 34.8 Å². The van der Waals surface area contributed by atoms with E-state index in [1.54, 1.807) is 70.2 Å². The summed E-state index contributed by atoms with van der Waals surface area (Å²) in [5.41, 5.74) is 0.458. The van der Waals surface area contributed by atoms with Crippen molar-refractivity contribution in [3.05, 3.63) is 78.2 Å². The van der Waals surface area contributed by atoms with E-state index >= 15 is 0 Å². The van der Waals surface area contributed by atoms with Gasteiger partial charge in [0, 0.05) is 23.3 Å². The van der Waals surface area contributed by atoms with Crippen LogP contribution in [-0.2, 0) is 38.1 Å². The Morgan fingerprint density at radius 1 is 0.659 bits per heavy atom. The number of hydrogen-bond donors (Lipinski definition) is 0. The summed E-state index contributed by atoms with van der Waals surface area (Å²) in [5.74, 6) is -5.75. The van der Waals surface area contributed by atoms with Gasteiger partial charge in [0.05, 0.1) is 37.6 Å². The van der Waals surface area contributed by atoms with Crippen LogP contribution >= 0.6 is 0 Å². The highest BCUT2D eigenvalue weighted by atomic mass is 16.6. The molecule has 12 heteroatoms. The third kappa shape index (κ3) is 6.86. The second-order valence-electron chi connectivity index (χ2n) is 9.19. The number of aromatic nitrogens is 3. The number of fused-ring (bicyclic) bond motifs is 1. The van der Waals surface area contributed by atoms with E-state index in [0.717, 1.165) is 0 Å². The lowest BCUT2D eigenvalue weighted by Gasteiger charge is -2.20. The molecular weight excluding hydrogens is 570 g/mol. The zero-order valence-electron chi connectivity index (χ0n) is 24.8. The monoisotopic (exact) mass is 603 g/mol. The minimum absolute atomic E-state index is 0.0000631. The summed E-state index contributed by atoms with van der Waals surface area (Å²) in [6.45, 7) is 6.48. The van der Waals surface area contributed by atoms with Crippen molar-refractivity contribution in [2.75, 3.05) is 26.4 Å². The Hall–Kier alpha value is -5.26. The average molecular weight is 604 g/mol. The van der Waals surface area contributed by atoms with Crippen molar-refractivity contribution in [3.8, 4) is 17.4 Å². The molecule has 0 radical (unpaired) electrons. The molecule has 0 saturated heterocycles. The van der Waals surface area contributed by atoms with Gasteiger partial charge in [-0.2, -0.15) is 0 Å². The lowest BCUT2D eigenvalue weighted by Crippen LogP contribution is -2.29. The van der Waals surface area contributed by atoms with Gasteiger partial charge in [-0.25, -0.2) is 9.97 Å². The van der Waals surface area contributed by atoms with E-state index in [-0.39, 0.29) is 54.9 Å². The van der Waals surface area contributed by atoms with Crippen molar-refractivity contribution < 1.29 is 42.9 Å². The van der Waals surface area contributed by atoms with Crippen molar-refractivity contribution in [3.63, 3.8) is 0 Å². The highest BCUT2D eigenvalue weighted by molar-refractivity contribution is 6.06. The SMILES string of the molecule is CCOC(=O)C(C(=O)OCC)c1cc(Oc2ccccc2)cc2cc(C(C(=O)OCC)C(=O)OCC)n(-c3ncccn3)c12. The van der Waals surface area contributed by atoms with Crippen LogP contribution in [0.1, 0.15) is 50.8 Å². The number of benzene rings is 2. The molecule has 12 nitrogen and oxygen atoms in total. The van der Waals surface area contributed by atoms with E-state index in [1.807, 2.05) is 6.07 Å². The van der Waals surface area contributed by atoms with Crippen LogP contribution in [0.3, 0.4) is 0 Å². The van der Waals surface area contributed by atoms with Crippen molar-refractivity contribution in [2.24, 2.45) is 0 Å². The Kier molecular flexibility index (Phi) is 10.6. The van der Waals surface area contributed by atoms with Gasteiger partial charge in [0.15, 0.2) is 11.8 Å². The quantitative estimate of drug-likeness (QED) is 0.120. The summed E-state index contributed by atoms with van der Waals surface area (Å²) in [6.07, 6.45) is 2.95. The maximum atomic E-state index is 13.4. The van der Waals surface area contributed by atoms with Gasteiger partial charge in [-0.1, -0.05) is 18.2 Å². The largest absolute Gasteiger partial charge is 0.465 e. The summed E-state index contributed by atoms with van der Waals surface area (Å²) in [4.78, 5) is 62.1. The number of nitrogens with zero attached hydrogens (tertiary/aromatic N) is 3. The van der Waals surface area contributed by atoms with Gasteiger partial charge in [-0.15, -0.1) is 0 Å². The van der Waals surface area contributed by atoms with Crippen LogP contribution in [0.25, 0.3) is 16.9 Å². The average Bonchev–Trinajstić information content (AvgIpc) is 3.37. The van der Waals surface area contributed by atoms with E-state index < -0.39 is 35.7 Å². The number of rotatable bonds is 13. The summed E-state index contributed by atoms with van der Waals surface area (Å²) in [5, 5.41) is 0.396. The number of ether oxygens (including phenoxy) is 5. The maximum absolute atomic E-state index is 13.4. The van der Waals surface area contributed by atoms with E-state index in [0.29, 0.717) is 11.1 Å². The second kappa shape index (κ2) is 14.8. The van der Waals surface area contributed by atoms with Crippen LogP contribution in [0.15, 0.2) is 67.0 Å². The number of carbonyl (C=O) groups is 4. The molecule has 0 bridgehead atoms. The van der Waals surface area contributed by atoms with Gasteiger partial charge >= 0.3 is 23.9 Å². The van der Waals surface area contributed by atoms with Crippen molar-refractivity contribution in [1.29, 1.82) is 0 Å². The van der Waals surface area contributed by atoms with Gasteiger partial charge in [-0.3, -0.25) is 23.7 Å². The molecule has 0 saturated carbocycles. The summed E-state index contributed by atoms with van der Waals surface area (Å²) in [6, 6.07) is 15.2. The van der Waals surface area contributed by atoms with Gasteiger partial charge in [0.2, 0.25) is 5.95 Å². The van der Waals surface area contributed by atoms with Crippen LogP contribution in [0, 0.1) is 0 Å². The standard InChI is InChI=1S/C32H33N3O9/c1-5-40-28(36)25(29(37)41-6-2)23-19-22(44-21-13-10-9-11-14-21)17-20-18-24(26(30(38)42-7-3)31(39)43-8-4)35(27(20)23)32-33-15-12-16-34-32/h9-19,25-26H,5-8H2,1-4H3. The fourth-order valence-electron chi connectivity index (χ4n) is 4.70. The minimum Gasteiger partial charge on any atom is -0.465 e. The normalized spacial score (nSPS) is 11.0. The fraction of sp³-hybridized carbons (Fsp3) is 0.312. The predicted molar refractivity (Wildman–Crippen MR) is 157 cm³/mol. The Morgan fingerprint density at radius 3 is 1.70 bits per heavy atom. The minimum atomic E-state index is -1.56. The van der Waals surface area contributed by atoms with Crippen LogP contribution in [0.4, 0.5) is 0 Å². The molecule has 0 spiro atoms. The van der Waals surface area contributed by atoms with Gasteiger partial charge in [-0.05, 0) is 64.1 Å². The number of hydrogen-bond acceptors (Lipinski definition) is 11. The molecule has 4 aromatic rings. The third-order valence-electron chi connectivity index (χ3n) is 6.35. The lowest BCUT2D eigenvalue weighted by molar-refractivity contribution is -0.159. The Balaban J connectivity index is 2.12. The molecular formula is C32H33N3O9. The van der Waals surface area contributed by atoms with Crippen molar-refractivity contribution in [1.82, 2.24) is 14.5 Å². The van der Waals surface area contributed by atoms with Gasteiger partial charge < -0.3 is 23.7 Å².